The van der Waals surface area contributed by atoms with Gasteiger partial charge in [0.05, 0.1) is 17.3 Å². The van der Waals surface area contributed by atoms with Crippen molar-refractivity contribution in [2.75, 3.05) is 6.61 Å². The number of aromatic hydroxyl groups is 1. The van der Waals surface area contributed by atoms with Crippen LogP contribution in [0.2, 0.25) is 0 Å². The third-order valence-corrected chi connectivity index (χ3v) is 3.80. The van der Waals surface area contributed by atoms with Gasteiger partial charge in [0.2, 0.25) is 0 Å². The minimum atomic E-state index is -0.659. The fourth-order valence-electron chi connectivity index (χ4n) is 1.48. The van der Waals surface area contributed by atoms with Crippen LogP contribution in [-0.4, -0.2) is 22.8 Å². The molecule has 0 saturated carbocycles. The Morgan fingerprint density at radius 2 is 1.89 bits per heavy atom. The van der Waals surface area contributed by atoms with Gasteiger partial charge in [-0.3, -0.25) is 0 Å². The minimum absolute atomic E-state index is 0.0754. The Balaban J connectivity index is 2.85. The molecule has 0 heterocycles. The smallest absolute Gasteiger partial charge is 0.343 e. The summed E-state index contributed by atoms with van der Waals surface area (Å²) in [4.78, 5) is 11.0. The van der Waals surface area contributed by atoms with Crippen LogP contribution in [0.25, 0.3) is 0 Å². The monoisotopic (exact) mass is 270 g/mol. The molecule has 100 valence electrons. The van der Waals surface area contributed by atoms with Gasteiger partial charge in [-0.15, -0.1) is 0 Å². The number of rotatable bonds is 4. The number of carbonyl (C=O) groups excluding carboxylic acids is 1. The first kappa shape index (κ1) is 14.9. The number of aliphatic hydroxyl groups excluding tert-OH is 1. The first-order chi connectivity index (χ1) is 8.34. The van der Waals surface area contributed by atoms with Gasteiger partial charge in [0.25, 0.3) is 0 Å². The lowest BCUT2D eigenvalue weighted by Gasteiger charge is -2.29. The third kappa shape index (κ3) is 4.23. The average Bonchev–Trinajstić information content (AvgIpc) is 2.29. The minimum Gasteiger partial charge on any atom is -0.508 e. The highest BCUT2D eigenvalue weighted by Gasteiger charge is 2.29. The Morgan fingerprint density at radius 3 is 2.33 bits per heavy atom. The summed E-state index contributed by atoms with van der Waals surface area (Å²) < 4.78 is 4.93. The summed E-state index contributed by atoms with van der Waals surface area (Å²) in [5.41, 5.74) is 0.827. The molecule has 0 amide bonds. The number of hydrogen-bond acceptors (Lipinski definition) is 5. The average molecular weight is 270 g/mol. The summed E-state index contributed by atoms with van der Waals surface area (Å²) in [5.74, 6) is -0.461. The van der Waals surface area contributed by atoms with Crippen molar-refractivity contribution in [1.82, 2.24) is 0 Å². The number of hydrogen-bond donors (Lipinski definition) is 2. The molecule has 0 aliphatic rings. The lowest BCUT2D eigenvalue weighted by molar-refractivity contribution is -0.136. The zero-order valence-corrected chi connectivity index (χ0v) is 11.5. The highest BCUT2D eigenvalue weighted by molar-refractivity contribution is 7.95. The van der Waals surface area contributed by atoms with E-state index in [1.807, 2.05) is 20.8 Å². The molecule has 0 aromatic heterocycles. The number of phenolic OH excluding ortho intramolecular Hbond substituents is 1. The van der Waals surface area contributed by atoms with Gasteiger partial charge in [0, 0.05) is 0 Å². The lowest BCUT2D eigenvalue weighted by atomic mass is 9.87. The molecule has 5 heteroatoms. The molecule has 0 aliphatic carbocycles. The van der Waals surface area contributed by atoms with Crippen LogP contribution < -0.4 is 0 Å². The van der Waals surface area contributed by atoms with E-state index in [0.29, 0.717) is 0 Å². The van der Waals surface area contributed by atoms with E-state index in [9.17, 15) is 9.90 Å². The van der Waals surface area contributed by atoms with E-state index in [1.165, 1.54) is 0 Å². The number of aliphatic hydroxyl groups is 1. The van der Waals surface area contributed by atoms with Crippen molar-refractivity contribution < 1.29 is 19.2 Å². The predicted octanol–water partition coefficient (Wildman–Crippen LogP) is 2.66. The Kier molecular flexibility index (Phi) is 5.04. The number of benzene rings is 1. The standard InChI is InChI=1S/C13H18O4S/c1-13(2,3)12(18-17-11(16)8-14)9-4-6-10(15)7-5-9/h4-7,12,14-15H,8H2,1-3H3. The maximum Gasteiger partial charge on any atom is 0.343 e. The van der Waals surface area contributed by atoms with Crippen molar-refractivity contribution >= 4 is 18.0 Å². The van der Waals surface area contributed by atoms with Crippen LogP contribution in [-0.2, 0) is 8.98 Å². The molecule has 1 aromatic rings. The van der Waals surface area contributed by atoms with E-state index in [0.717, 1.165) is 17.6 Å². The molecule has 0 fully saturated rings. The van der Waals surface area contributed by atoms with Gasteiger partial charge >= 0.3 is 5.97 Å². The van der Waals surface area contributed by atoms with Crippen LogP contribution in [0.15, 0.2) is 24.3 Å². The molecule has 1 atom stereocenters. The van der Waals surface area contributed by atoms with Gasteiger partial charge in [0.1, 0.15) is 12.4 Å². The van der Waals surface area contributed by atoms with Gasteiger partial charge < -0.3 is 14.4 Å². The maximum absolute atomic E-state index is 11.0. The molecule has 1 aromatic carbocycles. The van der Waals surface area contributed by atoms with Gasteiger partial charge in [-0.2, -0.15) is 0 Å². The molecule has 0 radical (unpaired) electrons. The summed E-state index contributed by atoms with van der Waals surface area (Å²) in [6.07, 6.45) is 0. The second-order valence-corrected chi connectivity index (χ2v) is 5.88. The molecule has 2 N–H and O–H groups in total. The van der Waals surface area contributed by atoms with Gasteiger partial charge in [0.15, 0.2) is 0 Å². The Bertz CT molecular complexity index is 394. The van der Waals surface area contributed by atoms with Gasteiger partial charge in [-0.25, -0.2) is 4.79 Å². The fourth-order valence-corrected chi connectivity index (χ4v) is 2.29. The second kappa shape index (κ2) is 6.11. The second-order valence-electron chi connectivity index (χ2n) is 5.05. The Labute approximate surface area is 111 Å². The quantitative estimate of drug-likeness (QED) is 0.823. The van der Waals surface area contributed by atoms with Gasteiger partial charge in [-0.05, 0) is 23.1 Å². The molecule has 1 rings (SSSR count). The molecule has 0 spiro atoms. The molecule has 0 saturated heterocycles. The normalized spacial score (nSPS) is 13.1. The number of carbonyl (C=O) groups is 1. The SMILES string of the molecule is CC(C)(C)C(SOC(=O)CO)c1ccc(O)cc1. The molecule has 4 nitrogen and oxygen atoms in total. The topological polar surface area (TPSA) is 66.8 Å². The molecule has 1 unspecified atom stereocenters. The zero-order valence-electron chi connectivity index (χ0n) is 10.7. The molecular weight excluding hydrogens is 252 g/mol. The lowest BCUT2D eigenvalue weighted by Crippen LogP contribution is -2.17. The Hall–Kier alpha value is -1.20. The van der Waals surface area contributed by atoms with Crippen LogP contribution in [0.5, 0.6) is 5.75 Å². The van der Waals surface area contributed by atoms with E-state index >= 15 is 0 Å². The summed E-state index contributed by atoms with van der Waals surface area (Å²) in [6.45, 7) is 5.47. The van der Waals surface area contributed by atoms with Crippen LogP contribution >= 0.6 is 12.0 Å². The third-order valence-electron chi connectivity index (χ3n) is 2.35. The van der Waals surface area contributed by atoms with E-state index in [-0.39, 0.29) is 16.4 Å². The summed E-state index contributed by atoms with van der Waals surface area (Å²) >= 11 is 1.03. The van der Waals surface area contributed by atoms with E-state index in [4.69, 9.17) is 9.29 Å². The molecule has 0 aliphatic heterocycles. The summed E-state index contributed by atoms with van der Waals surface area (Å²) in [7, 11) is 0. The van der Waals surface area contributed by atoms with Crippen LogP contribution in [0, 0.1) is 5.41 Å². The zero-order chi connectivity index (χ0) is 13.8. The van der Waals surface area contributed by atoms with Crippen molar-refractivity contribution in [2.24, 2.45) is 5.41 Å². The van der Waals surface area contributed by atoms with Crippen LogP contribution in [0.3, 0.4) is 0 Å². The fraction of sp³-hybridized carbons (Fsp3) is 0.462. The maximum atomic E-state index is 11.0. The van der Waals surface area contributed by atoms with E-state index in [1.54, 1.807) is 24.3 Å². The van der Waals surface area contributed by atoms with Crippen molar-refractivity contribution in [3.63, 3.8) is 0 Å². The molecular formula is C13H18O4S. The van der Waals surface area contributed by atoms with E-state index < -0.39 is 12.6 Å². The molecule has 0 bridgehead atoms. The number of phenols is 1. The van der Waals surface area contributed by atoms with Crippen molar-refractivity contribution in [3.05, 3.63) is 29.8 Å². The van der Waals surface area contributed by atoms with Crippen LogP contribution in [0.4, 0.5) is 0 Å². The highest BCUT2D eigenvalue weighted by atomic mass is 32.2. The molecule has 18 heavy (non-hydrogen) atoms. The highest BCUT2D eigenvalue weighted by Crippen LogP contribution is 2.44. The van der Waals surface area contributed by atoms with Crippen molar-refractivity contribution in [2.45, 2.75) is 26.0 Å². The first-order valence-corrected chi connectivity index (χ1v) is 6.41. The summed E-state index contributed by atoms with van der Waals surface area (Å²) in [6, 6.07) is 6.79. The van der Waals surface area contributed by atoms with Crippen LogP contribution in [0.1, 0.15) is 31.6 Å². The van der Waals surface area contributed by atoms with Gasteiger partial charge in [-0.1, -0.05) is 32.9 Å². The Morgan fingerprint density at radius 1 is 1.33 bits per heavy atom. The van der Waals surface area contributed by atoms with Crippen molar-refractivity contribution in [1.29, 1.82) is 0 Å². The summed E-state index contributed by atoms with van der Waals surface area (Å²) in [5, 5.41) is 17.8. The largest absolute Gasteiger partial charge is 0.508 e. The van der Waals surface area contributed by atoms with Crippen molar-refractivity contribution in [3.8, 4) is 5.75 Å². The van der Waals surface area contributed by atoms with E-state index in [2.05, 4.69) is 0 Å². The predicted molar refractivity (Wildman–Crippen MR) is 71.1 cm³/mol. The first-order valence-electron chi connectivity index (χ1n) is 5.60.